The minimum absolute atomic E-state index is 0.567. The highest BCUT2D eigenvalue weighted by atomic mass is 19.1. The number of nitrogens with zero attached hydrogens (tertiary/aromatic N) is 2. The van der Waals surface area contributed by atoms with Gasteiger partial charge in [-0.3, -0.25) is 9.97 Å². The van der Waals surface area contributed by atoms with Crippen LogP contribution in [0.5, 0.6) is 0 Å². The molecule has 3 rings (SSSR count). The van der Waals surface area contributed by atoms with Gasteiger partial charge < -0.3 is 0 Å². The molecule has 0 amide bonds. The van der Waals surface area contributed by atoms with Crippen LogP contribution in [0.4, 0.5) is 4.39 Å². The van der Waals surface area contributed by atoms with Crippen molar-refractivity contribution in [1.82, 2.24) is 9.97 Å². The van der Waals surface area contributed by atoms with Crippen molar-refractivity contribution in [3.05, 3.63) is 72.6 Å². The summed E-state index contributed by atoms with van der Waals surface area (Å²) in [6.07, 6.45) is 7.37. The largest absolute Gasteiger partial charge is 0.253 e. The molecule has 0 saturated carbocycles. The van der Waals surface area contributed by atoms with E-state index in [1.165, 1.54) is 0 Å². The first-order valence-corrected chi connectivity index (χ1v) is 9.25. The quantitative estimate of drug-likeness (QED) is 0.311. The number of halogens is 1. The SMILES string of the molecule is C=CCc1cc(-c2ccc3nccnc3c2)ccc1C#CCCCC(C)F. The van der Waals surface area contributed by atoms with Crippen molar-refractivity contribution in [3.8, 4) is 23.0 Å². The van der Waals surface area contributed by atoms with Crippen LogP contribution in [0.1, 0.15) is 37.3 Å². The lowest BCUT2D eigenvalue weighted by atomic mass is 9.97. The van der Waals surface area contributed by atoms with Crippen LogP contribution in [0.2, 0.25) is 0 Å². The van der Waals surface area contributed by atoms with Crippen LogP contribution in [0, 0.1) is 11.8 Å². The van der Waals surface area contributed by atoms with Gasteiger partial charge in [-0.05, 0) is 67.1 Å². The van der Waals surface area contributed by atoms with Gasteiger partial charge in [-0.1, -0.05) is 30.0 Å². The average molecular weight is 358 g/mol. The molecule has 27 heavy (non-hydrogen) atoms. The van der Waals surface area contributed by atoms with Gasteiger partial charge in [0.25, 0.3) is 0 Å². The normalized spacial score (nSPS) is 11.6. The average Bonchev–Trinajstić information content (AvgIpc) is 2.68. The van der Waals surface area contributed by atoms with E-state index < -0.39 is 6.17 Å². The number of benzene rings is 2. The Morgan fingerprint density at radius 3 is 2.59 bits per heavy atom. The summed E-state index contributed by atoms with van der Waals surface area (Å²) < 4.78 is 12.9. The van der Waals surface area contributed by atoms with Crippen LogP contribution >= 0.6 is 0 Å². The van der Waals surface area contributed by atoms with Crippen LogP contribution in [0.25, 0.3) is 22.2 Å². The van der Waals surface area contributed by atoms with Crippen molar-refractivity contribution in [2.24, 2.45) is 0 Å². The zero-order valence-corrected chi connectivity index (χ0v) is 15.6. The molecule has 0 N–H and O–H groups in total. The molecule has 1 unspecified atom stereocenters. The van der Waals surface area contributed by atoms with Crippen LogP contribution in [0.15, 0.2) is 61.4 Å². The molecule has 1 heterocycles. The molecule has 1 atom stereocenters. The van der Waals surface area contributed by atoms with Crippen LogP contribution in [-0.4, -0.2) is 16.1 Å². The maximum Gasteiger partial charge on any atom is 0.0973 e. The second kappa shape index (κ2) is 9.09. The van der Waals surface area contributed by atoms with Gasteiger partial charge in [-0.25, -0.2) is 4.39 Å². The number of hydrogen-bond acceptors (Lipinski definition) is 2. The molecule has 0 radical (unpaired) electrons. The van der Waals surface area contributed by atoms with E-state index in [1.807, 2.05) is 12.1 Å². The van der Waals surface area contributed by atoms with Crippen molar-refractivity contribution in [2.75, 3.05) is 0 Å². The molecule has 3 aromatic rings. The number of rotatable bonds is 6. The van der Waals surface area contributed by atoms with E-state index in [1.54, 1.807) is 19.3 Å². The van der Waals surface area contributed by atoms with Gasteiger partial charge in [-0.2, -0.15) is 0 Å². The highest BCUT2D eigenvalue weighted by Gasteiger charge is 2.05. The molecule has 0 aliphatic heterocycles. The lowest BCUT2D eigenvalue weighted by molar-refractivity contribution is 0.336. The Balaban J connectivity index is 1.86. The molecule has 3 heteroatoms. The summed E-state index contributed by atoms with van der Waals surface area (Å²) in [4.78, 5) is 8.71. The highest BCUT2D eigenvalue weighted by molar-refractivity contribution is 5.81. The molecule has 0 saturated heterocycles. The molecule has 0 bridgehead atoms. The van der Waals surface area contributed by atoms with Crippen LogP contribution in [0.3, 0.4) is 0 Å². The molecule has 0 aliphatic carbocycles. The molecule has 0 aliphatic rings. The first-order chi connectivity index (χ1) is 13.2. The summed E-state index contributed by atoms with van der Waals surface area (Å²) in [5.74, 6) is 6.41. The lowest BCUT2D eigenvalue weighted by Crippen LogP contribution is -1.92. The summed E-state index contributed by atoms with van der Waals surface area (Å²) in [5.41, 5.74) is 6.14. The van der Waals surface area contributed by atoms with Crippen molar-refractivity contribution in [3.63, 3.8) is 0 Å². The van der Waals surface area contributed by atoms with E-state index in [-0.39, 0.29) is 0 Å². The Hall–Kier alpha value is -2.99. The van der Waals surface area contributed by atoms with E-state index in [9.17, 15) is 4.39 Å². The van der Waals surface area contributed by atoms with E-state index in [0.29, 0.717) is 12.8 Å². The maximum atomic E-state index is 12.9. The Bertz CT molecular complexity index is 996. The first-order valence-electron chi connectivity index (χ1n) is 9.25. The van der Waals surface area contributed by atoms with Gasteiger partial charge in [0, 0.05) is 24.4 Å². The fourth-order valence-corrected chi connectivity index (χ4v) is 2.99. The molecular weight excluding hydrogens is 335 g/mol. The number of allylic oxidation sites excluding steroid dienone is 1. The van der Waals surface area contributed by atoms with Crippen molar-refractivity contribution in [1.29, 1.82) is 0 Å². The number of hydrogen-bond donors (Lipinski definition) is 0. The highest BCUT2D eigenvalue weighted by Crippen LogP contribution is 2.25. The summed E-state index contributed by atoms with van der Waals surface area (Å²) >= 11 is 0. The number of unbranched alkanes of at least 4 members (excludes halogenated alkanes) is 1. The first kappa shape index (κ1) is 18.8. The predicted octanol–water partition coefficient (Wildman–Crippen LogP) is 5.91. The van der Waals surface area contributed by atoms with Crippen LogP contribution in [-0.2, 0) is 6.42 Å². The topological polar surface area (TPSA) is 25.8 Å². The maximum absolute atomic E-state index is 12.9. The van der Waals surface area contributed by atoms with Crippen LogP contribution < -0.4 is 0 Å². The van der Waals surface area contributed by atoms with Crippen molar-refractivity contribution in [2.45, 2.75) is 38.8 Å². The lowest BCUT2D eigenvalue weighted by Gasteiger charge is -2.08. The van der Waals surface area contributed by atoms with E-state index >= 15 is 0 Å². The Kier molecular flexibility index (Phi) is 6.33. The van der Waals surface area contributed by atoms with E-state index in [2.05, 4.69) is 58.7 Å². The Morgan fingerprint density at radius 2 is 1.81 bits per heavy atom. The fourth-order valence-electron chi connectivity index (χ4n) is 2.99. The summed E-state index contributed by atoms with van der Waals surface area (Å²) in [5, 5.41) is 0. The second-order valence-electron chi connectivity index (χ2n) is 6.60. The van der Waals surface area contributed by atoms with Crippen molar-refractivity contribution < 1.29 is 4.39 Å². The van der Waals surface area contributed by atoms with Crippen molar-refractivity contribution >= 4 is 11.0 Å². The molecule has 1 aromatic heterocycles. The molecule has 2 aromatic carbocycles. The standard InChI is InChI=1S/C24H23FN2/c1-3-7-20-16-21(11-10-19(20)9-6-4-5-8-18(2)25)22-12-13-23-24(17-22)27-15-14-26-23/h3,10-18H,1,4-5,7-8H2,2H3. The third-order valence-electron chi connectivity index (χ3n) is 4.40. The Morgan fingerprint density at radius 1 is 1.07 bits per heavy atom. The van der Waals surface area contributed by atoms with Gasteiger partial charge in [0.05, 0.1) is 17.2 Å². The minimum atomic E-state index is -0.756. The van der Waals surface area contributed by atoms with E-state index in [0.717, 1.165) is 46.1 Å². The predicted molar refractivity (Wildman–Crippen MR) is 110 cm³/mol. The smallest absolute Gasteiger partial charge is 0.0973 e. The zero-order chi connectivity index (χ0) is 19.1. The van der Waals surface area contributed by atoms with Gasteiger partial charge >= 0.3 is 0 Å². The zero-order valence-electron chi connectivity index (χ0n) is 15.6. The minimum Gasteiger partial charge on any atom is -0.253 e. The van der Waals surface area contributed by atoms with Gasteiger partial charge in [0.15, 0.2) is 0 Å². The number of fused-ring (bicyclic) bond motifs is 1. The molecular formula is C24H23FN2. The number of aromatic nitrogens is 2. The fraction of sp³-hybridized carbons (Fsp3) is 0.250. The Labute approximate surface area is 160 Å². The molecule has 2 nitrogen and oxygen atoms in total. The van der Waals surface area contributed by atoms with Gasteiger partial charge in [0.1, 0.15) is 0 Å². The third kappa shape index (κ3) is 5.01. The second-order valence-corrected chi connectivity index (χ2v) is 6.60. The molecule has 0 spiro atoms. The van der Waals surface area contributed by atoms with Gasteiger partial charge in [-0.15, -0.1) is 6.58 Å². The third-order valence-corrected chi connectivity index (χ3v) is 4.40. The summed E-state index contributed by atoms with van der Waals surface area (Å²) in [7, 11) is 0. The monoisotopic (exact) mass is 358 g/mol. The molecule has 0 fully saturated rings. The number of alkyl halides is 1. The summed E-state index contributed by atoms with van der Waals surface area (Å²) in [6.45, 7) is 5.45. The summed E-state index contributed by atoms with van der Waals surface area (Å²) in [6, 6.07) is 12.4. The van der Waals surface area contributed by atoms with Gasteiger partial charge in [0.2, 0.25) is 0 Å². The molecule has 136 valence electrons. The van der Waals surface area contributed by atoms with E-state index in [4.69, 9.17) is 0 Å².